The van der Waals surface area contributed by atoms with Gasteiger partial charge in [-0.05, 0) is 78.9 Å². The molecule has 0 aromatic heterocycles. The van der Waals surface area contributed by atoms with E-state index in [0.29, 0.717) is 32.1 Å². The number of hydrogen-bond acceptors (Lipinski definition) is 15. The Morgan fingerprint density at radius 3 is 2.04 bits per heavy atom. The van der Waals surface area contributed by atoms with E-state index in [1.54, 1.807) is 0 Å². The van der Waals surface area contributed by atoms with Crippen LogP contribution in [0.2, 0.25) is 0 Å². The van der Waals surface area contributed by atoms with Gasteiger partial charge < -0.3 is 74.7 Å². The molecule has 10 N–H and O–H groups in total. The predicted octanol–water partition coefficient (Wildman–Crippen LogP) is -0.344. The summed E-state index contributed by atoms with van der Waals surface area (Å²) in [5.74, 6) is -1.43. The third-order valence-corrected chi connectivity index (χ3v) is 15.7. The third-order valence-electron chi connectivity index (χ3n) is 15.7. The number of aliphatic hydroxyl groups is 10. The van der Waals surface area contributed by atoms with Gasteiger partial charge in [0.2, 0.25) is 0 Å². The van der Waals surface area contributed by atoms with Crippen LogP contribution in [0.4, 0.5) is 0 Å². The second kappa shape index (κ2) is 16.8. The largest absolute Gasteiger partial charge is 0.393 e. The molecule has 0 amide bonds. The third kappa shape index (κ3) is 7.70. The highest BCUT2D eigenvalue weighted by Gasteiger charge is 2.73. The van der Waals surface area contributed by atoms with E-state index in [9.17, 15) is 51.1 Å². The molecule has 4 aliphatic carbocycles. The first kappa shape index (κ1) is 44.0. The van der Waals surface area contributed by atoms with Crippen LogP contribution in [0.5, 0.6) is 0 Å². The second-order valence-electron chi connectivity index (χ2n) is 19.0. The van der Waals surface area contributed by atoms with Crippen LogP contribution >= 0.6 is 0 Å². The van der Waals surface area contributed by atoms with E-state index in [-0.39, 0.29) is 55.8 Å². The SMILES string of the molecule is CO[C@@H]1CO[C@@H](O[C@@H]2[C@@H](OCC[C@@H](CC[C@@H](C)[C@H]3[C@@H](O)[C@@H](O)C4[C@]5(O)C[C@H](O)C6[C@@H](O)[C@@H](O)CC[C@]6(C)C5CC[C@@]43C)C(C)C)OC[C@H](O)[C@H]2O)[C@H](O)[C@H]1O. The molecular formula is C40H70O15. The first-order valence-electron chi connectivity index (χ1n) is 20.7. The molecule has 0 spiro atoms. The molecule has 2 heterocycles. The predicted molar refractivity (Wildman–Crippen MR) is 195 cm³/mol. The van der Waals surface area contributed by atoms with Gasteiger partial charge in [-0.2, -0.15) is 0 Å². The van der Waals surface area contributed by atoms with E-state index >= 15 is 0 Å². The second-order valence-corrected chi connectivity index (χ2v) is 19.0. The van der Waals surface area contributed by atoms with Crippen molar-refractivity contribution in [3.8, 4) is 0 Å². The Morgan fingerprint density at radius 2 is 1.36 bits per heavy atom. The summed E-state index contributed by atoms with van der Waals surface area (Å²) in [4.78, 5) is 0. The van der Waals surface area contributed by atoms with Crippen LogP contribution in [-0.4, -0.2) is 163 Å². The zero-order chi connectivity index (χ0) is 40.4. The molecule has 2 saturated heterocycles. The molecule has 55 heavy (non-hydrogen) atoms. The lowest BCUT2D eigenvalue weighted by atomic mass is 9.41. The summed E-state index contributed by atoms with van der Waals surface area (Å²) < 4.78 is 28.4. The number of rotatable bonds is 12. The minimum Gasteiger partial charge on any atom is -0.393 e. The lowest BCUT2D eigenvalue weighted by Gasteiger charge is -2.66. The Hall–Kier alpha value is -0.600. The van der Waals surface area contributed by atoms with E-state index in [4.69, 9.17) is 23.7 Å². The van der Waals surface area contributed by atoms with Crippen LogP contribution in [0.15, 0.2) is 0 Å². The van der Waals surface area contributed by atoms with Gasteiger partial charge in [-0.3, -0.25) is 0 Å². The summed E-state index contributed by atoms with van der Waals surface area (Å²) in [5.41, 5.74) is -2.70. The summed E-state index contributed by atoms with van der Waals surface area (Å²) in [6, 6.07) is 0. The highest BCUT2D eigenvalue weighted by molar-refractivity contribution is 5.22. The van der Waals surface area contributed by atoms with Crippen molar-refractivity contribution in [2.24, 2.45) is 52.3 Å². The summed E-state index contributed by atoms with van der Waals surface area (Å²) in [6.07, 6.45) is -10.8. The molecule has 2 aliphatic heterocycles. The first-order valence-corrected chi connectivity index (χ1v) is 20.7. The number of hydrogen-bond donors (Lipinski definition) is 10. The smallest absolute Gasteiger partial charge is 0.186 e. The maximum absolute atomic E-state index is 12.6. The van der Waals surface area contributed by atoms with Crippen molar-refractivity contribution in [1.82, 2.24) is 0 Å². The molecule has 22 atom stereocenters. The van der Waals surface area contributed by atoms with E-state index in [1.165, 1.54) is 7.11 Å². The van der Waals surface area contributed by atoms with Crippen LogP contribution in [0.25, 0.3) is 0 Å². The molecule has 0 aromatic carbocycles. The average molecular weight is 791 g/mol. The van der Waals surface area contributed by atoms with Crippen LogP contribution in [0.1, 0.15) is 86.0 Å². The first-order chi connectivity index (χ1) is 25.8. The highest BCUT2D eigenvalue weighted by Crippen LogP contribution is 2.70. The normalized spacial score (nSPS) is 52.6. The molecule has 4 saturated carbocycles. The van der Waals surface area contributed by atoms with E-state index in [2.05, 4.69) is 27.7 Å². The van der Waals surface area contributed by atoms with Gasteiger partial charge in [0.1, 0.15) is 36.6 Å². The quantitative estimate of drug-likeness (QED) is 0.122. The number of ether oxygens (including phenoxy) is 5. The Bertz CT molecular complexity index is 1280. The van der Waals surface area contributed by atoms with Crippen molar-refractivity contribution in [1.29, 1.82) is 0 Å². The standard InChI is InChI=1S/C40H70O15/c1-18(2)20(11-14-52-37-34(29(45)23(43)16-53-37)55-36-33(49)30(46)24(51-6)17-54-36)8-7-19(3)26-31(47)32(48)35-39(26,5)13-10-25-38(4)12-9-21(41)28(44)27(38)22(42)15-40(25,35)50/h18-37,41-50H,7-17H2,1-6H3/t19-,20-,21+,22+,23+,24-,25?,26+,27?,28+,29-,30+,31-,32-,33-,34+,35?,36+,37+,38-,39-,40+/m1/s1. The van der Waals surface area contributed by atoms with Gasteiger partial charge in [-0.1, -0.05) is 41.0 Å². The molecular weight excluding hydrogens is 720 g/mol. The minimum absolute atomic E-state index is 0.0171. The Kier molecular flexibility index (Phi) is 13.4. The highest BCUT2D eigenvalue weighted by atomic mass is 16.7. The molecule has 6 fully saturated rings. The van der Waals surface area contributed by atoms with Gasteiger partial charge in [0.15, 0.2) is 12.6 Å². The van der Waals surface area contributed by atoms with Gasteiger partial charge in [-0.25, -0.2) is 0 Å². The van der Waals surface area contributed by atoms with Gasteiger partial charge in [-0.15, -0.1) is 0 Å². The van der Waals surface area contributed by atoms with E-state index < -0.39 is 108 Å². The van der Waals surface area contributed by atoms with Crippen molar-refractivity contribution < 1.29 is 74.7 Å². The zero-order valence-electron chi connectivity index (χ0n) is 33.3. The zero-order valence-corrected chi connectivity index (χ0v) is 33.3. The monoisotopic (exact) mass is 790 g/mol. The Labute approximate surface area is 324 Å². The van der Waals surface area contributed by atoms with Crippen LogP contribution in [-0.2, 0) is 23.7 Å². The molecule has 3 unspecified atom stereocenters. The van der Waals surface area contributed by atoms with Crippen LogP contribution in [0, 0.1) is 52.3 Å². The Morgan fingerprint density at radius 1 is 0.691 bits per heavy atom. The van der Waals surface area contributed by atoms with Crippen LogP contribution in [0.3, 0.4) is 0 Å². The summed E-state index contributed by atoms with van der Waals surface area (Å²) in [5, 5.41) is 111. The topological polar surface area (TPSA) is 248 Å². The van der Waals surface area contributed by atoms with E-state index in [1.807, 2.05) is 6.92 Å². The summed E-state index contributed by atoms with van der Waals surface area (Å²) in [6.45, 7) is 10.4. The van der Waals surface area contributed by atoms with Crippen molar-refractivity contribution >= 4 is 0 Å². The lowest BCUT2D eigenvalue weighted by molar-refractivity contribution is -0.344. The van der Waals surface area contributed by atoms with Crippen LogP contribution < -0.4 is 0 Å². The maximum Gasteiger partial charge on any atom is 0.186 e. The Balaban J connectivity index is 1.08. The van der Waals surface area contributed by atoms with Gasteiger partial charge in [0.05, 0.1) is 55.9 Å². The lowest BCUT2D eigenvalue weighted by Crippen LogP contribution is -2.71. The fraction of sp³-hybridized carbons (Fsp3) is 1.00. The summed E-state index contributed by atoms with van der Waals surface area (Å²) in [7, 11) is 1.39. The molecule has 0 bridgehead atoms. The van der Waals surface area contributed by atoms with E-state index in [0.717, 1.165) is 12.8 Å². The molecule has 6 aliphatic rings. The van der Waals surface area contributed by atoms with Crippen molar-refractivity contribution in [2.45, 2.75) is 171 Å². The maximum atomic E-state index is 12.6. The summed E-state index contributed by atoms with van der Waals surface area (Å²) >= 11 is 0. The molecule has 6 rings (SSSR count). The van der Waals surface area contributed by atoms with Gasteiger partial charge in [0.25, 0.3) is 0 Å². The number of methoxy groups -OCH3 is 1. The van der Waals surface area contributed by atoms with Crippen molar-refractivity contribution in [3.63, 3.8) is 0 Å². The fourth-order valence-electron chi connectivity index (χ4n) is 12.7. The fourth-order valence-corrected chi connectivity index (χ4v) is 12.7. The number of aliphatic hydroxyl groups excluding tert-OH is 9. The molecule has 0 radical (unpaired) electrons. The van der Waals surface area contributed by atoms with Crippen molar-refractivity contribution in [3.05, 3.63) is 0 Å². The molecule has 320 valence electrons. The molecule has 15 heteroatoms. The minimum atomic E-state index is -1.47. The number of fused-ring (bicyclic) bond motifs is 5. The molecule has 15 nitrogen and oxygen atoms in total. The van der Waals surface area contributed by atoms with Crippen molar-refractivity contribution in [2.75, 3.05) is 26.9 Å². The average Bonchev–Trinajstić information content (AvgIpc) is 3.33. The van der Waals surface area contributed by atoms with Gasteiger partial charge >= 0.3 is 0 Å². The van der Waals surface area contributed by atoms with Gasteiger partial charge in [0, 0.05) is 25.4 Å². The molecule has 0 aromatic rings.